The van der Waals surface area contributed by atoms with Crippen molar-refractivity contribution in [3.63, 3.8) is 0 Å². The van der Waals surface area contributed by atoms with Gasteiger partial charge in [0, 0.05) is 43.8 Å². The SMILES string of the molecule is CC(=O)N(C)c1ccc(NC(=O)CCc2ccc(-c3ccccc3)o2)cc1. The van der Waals surface area contributed by atoms with Gasteiger partial charge in [-0.2, -0.15) is 0 Å². The smallest absolute Gasteiger partial charge is 0.224 e. The van der Waals surface area contributed by atoms with Crippen LogP contribution in [0.2, 0.25) is 0 Å². The molecule has 138 valence electrons. The zero-order valence-electron chi connectivity index (χ0n) is 15.4. The fraction of sp³-hybridized carbons (Fsp3) is 0.182. The zero-order valence-corrected chi connectivity index (χ0v) is 15.4. The molecule has 5 heteroatoms. The fourth-order valence-electron chi connectivity index (χ4n) is 2.68. The Balaban J connectivity index is 1.53. The van der Waals surface area contributed by atoms with Crippen LogP contribution >= 0.6 is 0 Å². The van der Waals surface area contributed by atoms with Crippen LogP contribution in [0.3, 0.4) is 0 Å². The molecule has 2 amide bonds. The van der Waals surface area contributed by atoms with E-state index in [1.807, 2.05) is 42.5 Å². The lowest BCUT2D eigenvalue weighted by molar-refractivity contribution is -0.117. The van der Waals surface area contributed by atoms with Crippen molar-refractivity contribution in [2.75, 3.05) is 17.3 Å². The summed E-state index contributed by atoms with van der Waals surface area (Å²) in [6.07, 6.45) is 0.862. The van der Waals surface area contributed by atoms with Gasteiger partial charge in [-0.1, -0.05) is 30.3 Å². The first-order chi connectivity index (χ1) is 13.0. The number of rotatable bonds is 6. The van der Waals surface area contributed by atoms with Crippen LogP contribution in [-0.2, 0) is 16.0 Å². The first kappa shape index (κ1) is 18.5. The maximum Gasteiger partial charge on any atom is 0.224 e. The van der Waals surface area contributed by atoms with Gasteiger partial charge in [-0.25, -0.2) is 0 Å². The Hall–Kier alpha value is -3.34. The second kappa shape index (κ2) is 8.36. The number of nitrogens with one attached hydrogen (secondary N) is 1. The molecule has 1 N–H and O–H groups in total. The lowest BCUT2D eigenvalue weighted by atomic mass is 10.2. The van der Waals surface area contributed by atoms with Gasteiger partial charge in [-0.3, -0.25) is 9.59 Å². The summed E-state index contributed by atoms with van der Waals surface area (Å²) in [5, 5.41) is 2.86. The van der Waals surface area contributed by atoms with Crippen molar-refractivity contribution in [1.82, 2.24) is 0 Å². The first-order valence-corrected chi connectivity index (χ1v) is 8.81. The number of nitrogens with zero attached hydrogens (tertiary/aromatic N) is 1. The average Bonchev–Trinajstić information content (AvgIpc) is 3.16. The molecular formula is C22H22N2O3. The Labute approximate surface area is 158 Å². The van der Waals surface area contributed by atoms with E-state index in [2.05, 4.69) is 5.32 Å². The van der Waals surface area contributed by atoms with E-state index in [0.717, 1.165) is 22.8 Å². The number of benzene rings is 2. The number of hydrogen-bond acceptors (Lipinski definition) is 3. The zero-order chi connectivity index (χ0) is 19.2. The quantitative estimate of drug-likeness (QED) is 0.702. The Kier molecular flexibility index (Phi) is 5.71. The normalized spacial score (nSPS) is 10.4. The molecule has 0 saturated heterocycles. The molecule has 0 aliphatic heterocycles. The molecule has 27 heavy (non-hydrogen) atoms. The van der Waals surface area contributed by atoms with Gasteiger partial charge in [-0.15, -0.1) is 0 Å². The number of anilines is 2. The van der Waals surface area contributed by atoms with Gasteiger partial charge < -0.3 is 14.6 Å². The third-order valence-electron chi connectivity index (χ3n) is 4.33. The van der Waals surface area contributed by atoms with E-state index in [9.17, 15) is 9.59 Å². The molecule has 0 fully saturated rings. The van der Waals surface area contributed by atoms with Crippen LogP contribution < -0.4 is 10.2 Å². The molecule has 0 unspecified atom stereocenters. The molecule has 0 aliphatic carbocycles. The second-order valence-corrected chi connectivity index (χ2v) is 6.31. The number of amides is 2. The minimum absolute atomic E-state index is 0.0416. The molecule has 0 atom stereocenters. The van der Waals surface area contributed by atoms with E-state index < -0.39 is 0 Å². The van der Waals surface area contributed by atoms with Gasteiger partial charge in [0.1, 0.15) is 11.5 Å². The van der Waals surface area contributed by atoms with E-state index in [0.29, 0.717) is 18.5 Å². The molecular weight excluding hydrogens is 340 g/mol. The van der Waals surface area contributed by atoms with E-state index in [-0.39, 0.29) is 11.8 Å². The van der Waals surface area contributed by atoms with E-state index >= 15 is 0 Å². The van der Waals surface area contributed by atoms with Gasteiger partial charge >= 0.3 is 0 Å². The van der Waals surface area contributed by atoms with E-state index in [1.165, 1.54) is 6.92 Å². The average molecular weight is 362 g/mol. The Bertz CT molecular complexity index is 914. The highest BCUT2D eigenvalue weighted by Crippen LogP contribution is 2.22. The van der Waals surface area contributed by atoms with Crippen molar-refractivity contribution in [1.29, 1.82) is 0 Å². The van der Waals surface area contributed by atoms with Crippen molar-refractivity contribution >= 4 is 23.2 Å². The van der Waals surface area contributed by atoms with Crippen LogP contribution in [0.15, 0.2) is 71.1 Å². The van der Waals surface area contributed by atoms with Gasteiger partial charge in [0.05, 0.1) is 0 Å². The van der Waals surface area contributed by atoms with Crippen molar-refractivity contribution in [3.8, 4) is 11.3 Å². The maximum absolute atomic E-state index is 12.2. The summed E-state index contributed by atoms with van der Waals surface area (Å²) in [5.41, 5.74) is 2.50. The van der Waals surface area contributed by atoms with Crippen LogP contribution in [0.1, 0.15) is 19.1 Å². The number of carbonyl (C=O) groups excluding carboxylic acids is 2. The molecule has 0 radical (unpaired) electrons. The molecule has 3 rings (SSSR count). The molecule has 0 saturated carbocycles. The third-order valence-corrected chi connectivity index (χ3v) is 4.33. The topological polar surface area (TPSA) is 62.6 Å². The van der Waals surface area contributed by atoms with E-state index in [1.54, 1.807) is 36.2 Å². The van der Waals surface area contributed by atoms with Crippen LogP contribution in [0, 0.1) is 0 Å². The third kappa shape index (κ3) is 4.85. The minimum Gasteiger partial charge on any atom is -0.461 e. The number of aryl methyl sites for hydroxylation is 1. The Morgan fingerprint density at radius 1 is 0.963 bits per heavy atom. The monoisotopic (exact) mass is 362 g/mol. The summed E-state index contributed by atoms with van der Waals surface area (Å²) < 4.78 is 5.82. The molecule has 1 aromatic heterocycles. The molecule has 3 aromatic rings. The summed E-state index contributed by atoms with van der Waals surface area (Å²) >= 11 is 0. The van der Waals surface area contributed by atoms with Gasteiger partial charge in [0.15, 0.2) is 0 Å². The highest BCUT2D eigenvalue weighted by Gasteiger charge is 2.09. The van der Waals surface area contributed by atoms with Gasteiger partial charge in [-0.05, 0) is 36.4 Å². The number of carbonyl (C=O) groups is 2. The number of hydrogen-bond donors (Lipinski definition) is 1. The van der Waals surface area contributed by atoms with Crippen molar-refractivity contribution in [2.24, 2.45) is 0 Å². The van der Waals surface area contributed by atoms with Gasteiger partial charge in [0.25, 0.3) is 0 Å². The van der Waals surface area contributed by atoms with Crippen LogP contribution in [-0.4, -0.2) is 18.9 Å². The molecule has 1 heterocycles. The van der Waals surface area contributed by atoms with E-state index in [4.69, 9.17) is 4.42 Å². The second-order valence-electron chi connectivity index (χ2n) is 6.31. The summed E-state index contributed by atoms with van der Waals surface area (Å²) in [4.78, 5) is 25.1. The predicted octanol–water partition coefficient (Wildman–Crippen LogP) is 4.50. The number of furan rings is 1. The predicted molar refractivity (Wildman–Crippen MR) is 107 cm³/mol. The fourth-order valence-corrected chi connectivity index (χ4v) is 2.68. The highest BCUT2D eigenvalue weighted by molar-refractivity contribution is 5.93. The summed E-state index contributed by atoms with van der Waals surface area (Å²) in [6.45, 7) is 1.51. The van der Waals surface area contributed by atoms with Gasteiger partial charge in [0.2, 0.25) is 11.8 Å². The molecule has 0 aliphatic rings. The molecule has 5 nitrogen and oxygen atoms in total. The van der Waals surface area contributed by atoms with Crippen LogP contribution in [0.25, 0.3) is 11.3 Å². The molecule has 0 spiro atoms. The largest absolute Gasteiger partial charge is 0.461 e. The first-order valence-electron chi connectivity index (χ1n) is 8.81. The Morgan fingerprint density at radius 2 is 1.67 bits per heavy atom. The van der Waals surface area contributed by atoms with Crippen LogP contribution in [0.4, 0.5) is 11.4 Å². The minimum atomic E-state index is -0.0830. The highest BCUT2D eigenvalue weighted by atomic mass is 16.3. The van der Waals surface area contributed by atoms with Crippen molar-refractivity contribution in [3.05, 3.63) is 72.5 Å². The lowest BCUT2D eigenvalue weighted by Crippen LogP contribution is -2.22. The summed E-state index contributed by atoms with van der Waals surface area (Å²) in [7, 11) is 1.71. The summed E-state index contributed by atoms with van der Waals surface area (Å²) in [6, 6.07) is 20.9. The molecule has 0 bridgehead atoms. The molecule has 2 aromatic carbocycles. The maximum atomic E-state index is 12.2. The van der Waals surface area contributed by atoms with Crippen molar-refractivity contribution < 1.29 is 14.0 Å². The van der Waals surface area contributed by atoms with Crippen LogP contribution in [0.5, 0.6) is 0 Å². The lowest BCUT2D eigenvalue weighted by Gasteiger charge is -2.15. The Morgan fingerprint density at radius 3 is 2.33 bits per heavy atom. The summed E-state index contributed by atoms with van der Waals surface area (Å²) in [5.74, 6) is 1.46. The standard InChI is InChI=1S/C22H22N2O3/c1-16(25)24(2)19-10-8-18(9-11-19)23-22(26)15-13-20-12-14-21(27-20)17-6-4-3-5-7-17/h3-12,14H,13,15H2,1-2H3,(H,23,26). The van der Waals surface area contributed by atoms with Crippen molar-refractivity contribution in [2.45, 2.75) is 19.8 Å².